The highest BCUT2D eigenvalue weighted by Gasteiger charge is 2.33. The lowest BCUT2D eigenvalue weighted by molar-refractivity contribution is -0.154. The molecule has 136 valence electrons. The third-order valence-corrected chi connectivity index (χ3v) is 4.66. The molecule has 2 atom stereocenters. The van der Waals surface area contributed by atoms with Crippen LogP contribution >= 0.6 is 0 Å². The van der Waals surface area contributed by atoms with Gasteiger partial charge in [0.25, 0.3) is 0 Å². The molecule has 0 aliphatic rings. The minimum absolute atomic E-state index is 0.192. The Balaban J connectivity index is 2.13. The molecular weight excluding hydrogens is 328 g/mol. The zero-order valence-electron chi connectivity index (χ0n) is 14.9. The number of aliphatic carboxylic acids is 2. The zero-order chi connectivity index (χ0) is 19.1. The first kappa shape index (κ1) is 19.4. The summed E-state index contributed by atoms with van der Waals surface area (Å²) in [6.07, 6.45) is 2.73. The normalized spacial score (nSPS) is 13.0. The van der Waals surface area contributed by atoms with Crippen LogP contribution in [0.25, 0.3) is 6.08 Å². The van der Waals surface area contributed by atoms with Gasteiger partial charge in [-0.25, -0.2) is 0 Å². The molecule has 0 amide bonds. The van der Waals surface area contributed by atoms with E-state index in [9.17, 15) is 19.8 Å². The molecule has 0 bridgehead atoms. The first-order valence-electron chi connectivity index (χ1n) is 8.63. The summed E-state index contributed by atoms with van der Waals surface area (Å²) >= 11 is 0. The zero-order valence-corrected chi connectivity index (χ0v) is 14.9. The number of carbonyl (C=O) groups is 2. The Labute approximate surface area is 153 Å². The van der Waals surface area contributed by atoms with E-state index in [1.165, 1.54) is 0 Å². The Bertz CT molecular complexity index is 760. The third kappa shape index (κ3) is 5.31. The Kier molecular flexibility index (Phi) is 6.73. The largest absolute Gasteiger partial charge is 0.481 e. The number of carboxylic acid groups (broad SMARTS) is 2. The number of rotatable bonds is 9. The molecule has 26 heavy (non-hydrogen) atoms. The van der Waals surface area contributed by atoms with Crippen molar-refractivity contribution in [2.75, 3.05) is 0 Å². The fourth-order valence-electron chi connectivity index (χ4n) is 3.02. The van der Waals surface area contributed by atoms with Crippen LogP contribution in [0, 0.1) is 18.8 Å². The van der Waals surface area contributed by atoms with E-state index in [-0.39, 0.29) is 6.42 Å². The molecule has 0 saturated carbocycles. The van der Waals surface area contributed by atoms with Gasteiger partial charge in [-0.2, -0.15) is 0 Å². The SMILES string of the molecule is C=Cc1ccc(CC(C(=O)O)C(CCc2ccc(C)cc2)C(=O)O)cc1. The molecule has 0 fully saturated rings. The first-order valence-corrected chi connectivity index (χ1v) is 8.63. The topological polar surface area (TPSA) is 74.6 Å². The van der Waals surface area contributed by atoms with E-state index in [4.69, 9.17) is 0 Å². The van der Waals surface area contributed by atoms with Crippen LogP contribution < -0.4 is 0 Å². The van der Waals surface area contributed by atoms with E-state index in [0.29, 0.717) is 12.8 Å². The van der Waals surface area contributed by atoms with Crippen molar-refractivity contribution in [2.45, 2.75) is 26.2 Å². The maximum absolute atomic E-state index is 11.7. The molecule has 2 N–H and O–H groups in total. The Morgan fingerprint density at radius 1 is 0.923 bits per heavy atom. The molecule has 2 aromatic carbocycles. The Morgan fingerprint density at radius 3 is 1.96 bits per heavy atom. The molecule has 0 heterocycles. The fourth-order valence-corrected chi connectivity index (χ4v) is 3.02. The van der Waals surface area contributed by atoms with Gasteiger partial charge in [-0.15, -0.1) is 0 Å². The van der Waals surface area contributed by atoms with Crippen molar-refractivity contribution in [3.63, 3.8) is 0 Å². The lowest BCUT2D eigenvalue weighted by Gasteiger charge is -2.20. The Hall–Kier alpha value is -2.88. The number of aryl methyl sites for hydroxylation is 2. The van der Waals surface area contributed by atoms with Gasteiger partial charge in [0.2, 0.25) is 0 Å². The average molecular weight is 352 g/mol. The summed E-state index contributed by atoms with van der Waals surface area (Å²) in [5.74, 6) is -4.04. The maximum atomic E-state index is 11.7. The summed E-state index contributed by atoms with van der Waals surface area (Å²) in [6, 6.07) is 15.2. The van der Waals surface area contributed by atoms with Crippen molar-refractivity contribution in [3.05, 3.63) is 77.4 Å². The predicted octanol–water partition coefficient (Wildman–Crippen LogP) is 4.21. The van der Waals surface area contributed by atoms with Crippen molar-refractivity contribution in [1.82, 2.24) is 0 Å². The molecule has 4 nitrogen and oxygen atoms in total. The van der Waals surface area contributed by atoms with Crippen LogP contribution in [0.2, 0.25) is 0 Å². The number of benzene rings is 2. The highest BCUT2D eigenvalue weighted by molar-refractivity contribution is 5.80. The van der Waals surface area contributed by atoms with E-state index < -0.39 is 23.8 Å². The van der Waals surface area contributed by atoms with Crippen molar-refractivity contribution in [1.29, 1.82) is 0 Å². The summed E-state index contributed by atoms with van der Waals surface area (Å²) < 4.78 is 0. The van der Waals surface area contributed by atoms with Gasteiger partial charge in [-0.3, -0.25) is 9.59 Å². The predicted molar refractivity (Wildman–Crippen MR) is 102 cm³/mol. The van der Waals surface area contributed by atoms with E-state index in [2.05, 4.69) is 6.58 Å². The van der Waals surface area contributed by atoms with Crippen LogP contribution in [0.5, 0.6) is 0 Å². The molecule has 2 unspecified atom stereocenters. The van der Waals surface area contributed by atoms with Crippen molar-refractivity contribution >= 4 is 18.0 Å². The highest BCUT2D eigenvalue weighted by atomic mass is 16.4. The van der Waals surface area contributed by atoms with Gasteiger partial charge < -0.3 is 10.2 Å². The monoisotopic (exact) mass is 352 g/mol. The fraction of sp³-hybridized carbons (Fsp3) is 0.273. The molecule has 0 aliphatic carbocycles. The maximum Gasteiger partial charge on any atom is 0.307 e. The standard InChI is InChI=1S/C22H24O4/c1-3-16-8-10-18(11-9-16)14-20(22(25)26)19(21(23)24)13-12-17-6-4-15(2)5-7-17/h3-11,19-20H,1,12-14H2,2H3,(H,23,24)(H,25,26). The van der Waals surface area contributed by atoms with Crippen LogP contribution in [-0.2, 0) is 22.4 Å². The van der Waals surface area contributed by atoms with Crippen LogP contribution in [0.4, 0.5) is 0 Å². The van der Waals surface area contributed by atoms with Gasteiger partial charge in [0, 0.05) is 0 Å². The molecule has 2 rings (SSSR count). The average Bonchev–Trinajstić information content (AvgIpc) is 2.62. The van der Waals surface area contributed by atoms with E-state index in [0.717, 1.165) is 22.3 Å². The number of hydrogen-bond donors (Lipinski definition) is 2. The lowest BCUT2D eigenvalue weighted by Crippen LogP contribution is -2.32. The molecule has 0 spiro atoms. The van der Waals surface area contributed by atoms with Crippen LogP contribution in [0.3, 0.4) is 0 Å². The summed E-state index contributed by atoms with van der Waals surface area (Å²) in [5, 5.41) is 19.2. The minimum Gasteiger partial charge on any atom is -0.481 e. The number of carboxylic acids is 2. The van der Waals surface area contributed by atoms with E-state index >= 15 is 0 Å². The van der Waals surface area contributed by atoms with Gasteiger partial charge >= 0.3 is 11.9 Å². The number of hydrogen-bond acceptors (Lipinski definition) is 2. The summed E-state index contributed by atoms with van der Waals surface area (Å²) in [6.45, 7) is 5.68. The molecule has 2 aromatic rings. The van der Waals surface area contributed by atoms with Gasteiger partial charge in [0.05, 0.1) is 11.8 Å². The second-order valence-corrected chi connectivity index (χ2v) is 6.56. The van der Waals surface area contributed by atoms with Gasteiger partial charge in [0.1, 0.15) is 0 Å². The van der Waals surface area contributed by atoms with Gasteiger partial charge in [-0.05, 0) is 42.9 Å². The second-order valence-electron chi connectivity index (χ2n) is 6.56. The molecule has 0 aliphatic heterocycles. The van der Waals surface area contributed by atoms with Crippen LogP contribution in [0.1, 0.15) is 28.7 Å². The van der Waals surface area contributed by atoms with E-state index in [1.807, 2.05) is 55.5 Å². The molecular formula is C22H24O4. The summed E-state index contributed by atoms with van der Waals surface area (Å²) in [7, 11) is 0. The summed E-state index contributed by atoms with van der Waals surface area (Å²) in [4.78, 5) is 23.5. The minimum atomic E-state index is -1.07. The van der Waals surface area contributed by atoms with Crippen LogP contribution in [0.15, 0.2) is 55.1 Å². The smallest absolute Gasteiger partial charge is 0.307 e. The van der Waals surface area contributed by atoms with Crippen molar-refractivity contribution < 1.29 is 19.8 Å². The van der Waals surface area contributed by atoms with Crippen molar-refractivity contribution in [3.8, 4) is 0 Å². The third-order valence-electron chi connectivity index (χ3n) is 4.66. The van der Waals surface area contributed by atoms with Crippen LogP contribution in [-0.4, -0.2) is 22.2 Å². The molecule has 4 heteroatoms. The van der Waals surface area contributed by atoms with Crippen molar-refractivity contribution in [2.24, 2.45) is 11.8 Å². The van der Waals surface area contributed by atoms with E-state index in [1.54, 1.807) is 6.08 Å². The second kappa shape index (κ2) is 8.99. The molecule has 0 saturated heterocycles. The lowest BCUT2D eigenvalue weighted by atomic mass is 9.83. The highest BCUT2D eigenvalue weighted by Crippen LogP contribution is 2.24. The summed E-state index contributed by atoms with van der Waals surface area (Å²) in [5.41, 5.74) is 3.90. The van der Waals surface area contributed by atoms with Gasteiger partial charge in [-0.1, -0.05) is 66.7 Å². The molecule has 0 aromatic heterocycles. The first-order chi connectivity index (χ1) is 12.4. The Morgan fingerprint density at radius 2 is 1.46 bits per heavy atom. The quantitative estimate of drug-likeness (QED) is 0.709. The van der Waals surface area contributed by atoms with Gasteiger partial charge in [0.15, 0.2) is 0 Å². The molecule has 0 radical (unpaired) electrons.